The fourth-order valence-corrected chi connectivity index (χ4v) is 5.22. The molecule has 1 amide bonds. The van der Waals surface area contributed by atoms with E-state index in [9.17, 15) is 9.59 Å². The van der Waals surface area contributed by atoms with Crippen LogP contribution >= 0.6 is 23.1 Å². The summed E-state index contributed by atoms with van der Waals surface area (Å²) in [5.41, 5.74) is 2.25. The Kier molecular flexibility index (Phi) is 8.73. The number of benzene rings is 1. The second-order valence-corrected chi connectivity index (χ2v) is 10.3. The highest BCUT2D eigenvalue weighted by Gasteiger charge is 2.23. The molecule has 2 heterocycles. The molecule has 0 bridgehead atoms. The quantitative estimate of drug-likeness (QED) is 0.309. The summed E-state index contributed by atoms with van der Waals surface area (Å²) in [6, 6.07) is 7.72. The van der Waals surface area contributed by atoms with E-state index in [4.69, 9.17) is 9.47 Å². The Morgan fingerprint density at radius 3 is 2.53 bits per heavy atom. The Bertz CT molecular complexity index is 1150. The Hall–Kier alpha value is -2.85. The molecule has 182 valence electrons. The first-order valence-corrected chi connectivity index (χ1v) is 12.8. The van der Waals surface area contributed by atoms with Crippen molar-refractivity contribution in [3.8, 4) is 17.1 Å². The average molecular weight is 503 g/mol. The first-order chi connectivity index (χ1) is 16.2. The maximum absolute atomic E-state index is 12.6. The summed E-state index contributed by atoms with van der Waals surface area (Å²) in [5, 5.41) is 12.5. The molecule has 0 unspecified atom stereocenters. The van der Waals surface area contributed by atoms with Crippen LogP contribution in [0.15, 0.2) is 29.4 Å². The lowest BCUT2D eigenvalue weighted by molar-refractivity contribution is -0.113. The van der Waals surface area contributed by atoms with Gasteiger partial charge in [0.05, 0.1) is 25.0 Å². The summed E-state index contributed by atoms with van der Waals surface area (Å²) in [7, 11) is 3.21. The lowest BCUT2D eigenvalue weighted by Gasteiger charge is -2.09. The molecule has 3 aromatic rings. The number of amides is 1. The van der Waals surface area contributed by atoms with Crippen LogP contribution in [0.4, 0.5) is 5.00 Å². The lowest BCUT2D eigenvalue weighted by atomic mass is 10.1. The van der Waals surface area contributed by atoms with Crippen molar-refractivity contribution in [2.45, 2.75) is 39.3 Å². The number of carbonyl (C=O) groups excluding carboxylic acids is 2. The van der Waals surface area contributed by atoms with E-state index in [2.05, 4.69) is 29.4 Å². The van der Waals surface area contributed by atoms with Crippen LogP contribution < -0.4 is 10.1 Å². The third-order valence-corrected chi connectivity index (χ3v) is 7.15. The van der Waals surface area contributed by atoms with Crippen molar-refractivity contribution >= 4 is 40.0 Å². The van der Waals surface area contributed by atoms with Crippen molar-refractivity contribution in [1.82, 2.24) is 14.8 Å². The van der Waals surface area contributed by atoms with Crippen LogP contribution in [0.2, 0.25) is 0 Å². The van der Waals surface area contributed by atoms with Gasteiger partial charge < -0.3 is 19.4 Å². The molecule has 3 rings (SSSR count). The van der Waals surface area contributed by atoms with Gasteiger partial charge in [-0.2, -0.15) is 0 Å². The van der Waals surface area contributed by atoms with E-state index < -0.39 is 5.97 Å². The van der Waals surface area contributed by atoms with Crippen LogP contribution in [0, 0.1) is 12.8 Å². The maximum atomic E-state index is 12.6. The summed E-state index contributed by atoms with van der Waals surface area (Å²) in [6.07, 6.45) is 0.684. The largest absolute Gasteiger partial charge is 0.493 e. The van der Waals surface area contributed by atoms with E-state index >= 15 is 0 Å². The number of esters is 1. The van der Waals surface area contributed by atoms with Crippen molar-refractivity contribution in [1.29, 1.82) is 0 Å². The van der Waals surface area contributed by atoms with Crippen molar-refractivity contribution in [2.75, 3.05) is 24.8 Å². The zero-order valence-corrected chi connectivity index (χ0v) is 21.9. The summed E-state index contributed by atoms with van der Waals surface area (Å²) in [6.45, 7) is 8.79. The number of aromatic nitrogens is 3. The lowest BCUT2D eigenvalue weighted by Crippen LogP contribution is -2.16. The van der Waals surface area contributed by atoms with Crippen LogP contribution in [0.1, 0.15) is 41.6 Å². The number of ether oxygens (including phenoxy) is 2. The number of anilines is 1. The third-order valence-electron chi connectivity index (χ3n) is 5.07. The molecule has 0 aliphatic carbocycles. The van der Waals surface area contributed by atoms with Gasteiger partial charge in [-0.1, -0.05) is 32.5 Å². The van der Waals surface area contributed by atoms with E-state index in [0.29, 0.717) is 40.5 Å². The highest BCUT2D eigenvalue weighted by Crippen LogP contribution is 2.34. The molecule has 0 spiro atoms. The number of rotatable bonds is 10. The number of hydrogen-bond donors (Lipinski definition) is 1. The minimum Gasteiger partial charge on any atom is -0.493 e. The molecule has 0 saturated heterocycles. The van der Waals surface area contributed by atoms with Gasteiger partial charge >= 0.3 is 5.97 Å². The topological polar surface area (TPSA) is 95.3 Å². The fraction of sp³-hybridized carbons (Fsp3) is 0.417. The Morgan fingerprint density at radius 1 is 1.21 bits per heavy atom. The van der Waals surface area contributed by atoms with E-state index in [1.165, 1.54) is 30.2 Å². The normalized spacial score (nSPS) is 11.0. The Morgan fingerprint density at radius 2 is 1.91 bits per heavy atom. The van der Waals surface area contributed by atoms with Gasteiger partial charge in [-0.15, -0.1) is 21.5 Å². The fourth-order valence-electron chi connectivity index (χ4n) is 3.36. The van der Waals surface area contributed by atoms with Crippen LogP contribution in [0.5, 0.6) is 5.75 Å². The molecule has 1 aromatic carbocycles. The number of aryl methyl sites for hydroxylation is 1. The van der Waals surface area contributed by atoms with Crippen LogP contribution in [-0.4, -0.2) is 46.1 Å². The molecule has 0 saturated carbocycles. The highest BCUT2D eigenvalue weighted by molar-refractivity contribution is 7.99. The minimum atomic E-state index is -0.442. The van der Waals surface area contributed by atoms with E-state index in [-0.39, 0.29) is 11.7 Å². The van der Waals surface area contributed by atoms with E-state index in [1.54, 1.807) is 0 Å². The molecule has 0 aliphatic heterocycles. The molecule has 0 atom stereocenters. The standard InChI is InChI=1S/C24H30N4O4S2/c1-7-18-15(4)34-22(20(18)23(30)31-6)25-19(29)13-33-24-27-26-21(28(24)5)16-8-10-17(11-9-16)32-12-14(2)3/h8-11,14H,7,12-13H2,1-6H3,(H,25,29). The Labute approximate surface area is 208 Å². The predicted octanol–water partition coefficient (Wildman–Crippen LogP) is 4.97. The van der Waals surface area contributed by atoms with Crippen molar-refractivity contribution in [3.63, 3.8) is 0 Å². The van der Waals surface area contributed by atoms with Crippen molar-refractivity contribution in [2.24, 2.45) is 13.0 Å². The predicted molar refractivity (Wildman–Crippen MR) is 136 cm³/mol. The number of nitrogens with one attached hydrogen (secondary N) is 1. The first kappa shape index (κ1) is 25.8. The number of thioether (sulfide) groups is 1. The smallest absolute Gasteiger partial charge is 0.341 e. The van der Waals surface area contributed by atoms with Gasteiger partial charge in [0.1, 0.15) is 10.8 Å². The maximum Gasteiger partial charge on any atom is 0.341 e. The second-order valence-electron chi connectivity index (χ2n) is 8.12. The Balaban J connectivity index is 1.65. The van der Waals surface area contributed by atoms with Crippen molar-refractivity contribution < 1.29 is 19.1 Å². The zero-order valence-electron chi connectivity index (χ0n) is 20.3. The molecular formula is C24H30N4O4S2. The summed E-state index contributed by atoms with van der Waals surface area (Å²) in [4.78, 5) is 25.9. The van der Waals surface area contributed by atoms with Crippen LogP contribution in [-0.2, 0) is 23.0 Å². The van der Waals surface area contributed by atoms with Crippen molar-refractivity contribution in [3.05, 3.63) is 40.3 Å². The molecule has 8 nitrogen and oxygen atoms in total. The summed E-state index contributed by atoms with van der Waals surface area (Å²) < 4.78 is 12.5. The number of nitrogens with zero attached hydrogens (tertiary/aromatic N) is 3. The van der Waals surface area contributed by atoms with Gasteiger partial charge in [-0.25, -0.2) is 4.79 Å². The molecule has 0 aliphatic rings. The molecule has 2 aromatic heterocycles. The number of methoxy groups -OCH3 is 1. The summed E-state index contributed by atoms with van der Waals surface area (Å²) in [5.74, 6) is 1.44. The van der Waals surface area contributed by atoms with Gasteiger partial charge in [-0.3, -0.25) is 4.79 Å². The third kappa shape index (κ3) is 5.98. The SMILES string of the molecule is CCc1c(C)sc(NC(=O)CSc2nnc(-c3ccc(OCC(C)C)cc3)n2C)c1C(=O)OC. The number of hydrogen-bond acceptors (Lipinski definition) is 8. The van der Waals surface area contributed by atoms with E-state index in [1.807, 2.05) is 49.7 Å². The van der Waals surface area contributed by atoms with Crippen LogP contribution in [0.25, 0.3) is 11.4 Å². The second kappa shape index (κ2) is 11.5. The zero-order chi connectivity index (χ0) is 24.8. The van der Waals surface area contributed by atoms with Crippen LogP contribution in [0.3, 0.4) is 0 Å². The molecule has 0 radical (unpaired) electrons. The van der Waals surface area contributed by atoms with Gasteiger partial charge in [0.25, 0.3) is 0 Å². The minimum absolute atomic E-state index is 0.132. The van der Waals surface area contributed by atoms with Gasteiger partial charge in [-0.05, 0) is 49.1 Å². The molecular weight excluding hydrogens is 472 g/mol. The summed E-state index contributed by atoms with van der Waals surface area (Å²) >= 11 is 2.67. The van der Waals surface area contributed by atoms with Gasteiger partial charge in [0, 0.05) is 17.5 Å². The number of carbonyl (C=O) groups is 2. The highest BCUT2D eigenvalue weighted by atomic mass is 32.2. The van der Waals surface area contributed by atoms with Gasteiger partial charge in [0.2, 0.25) is 5.91 Å². The average Bonchev–Trinajstić information content (AvgIpc) is 3.34. The molecule has 10 heteroatoms. The molecule has 34 heavy (non-hydrogen) atoms. The van der Waals surface area contributed by atoms with Gasteiger partial charge in [0.15, 0.2) is 11.0 Å². The van der Waals surface area contributed by atoms with E-state index in [0.717, 1.165) is 21.8 Å². The molecule has 1 N–H and O–H groups in total. The first-order valence-electron chi connectivity index (χ1n) is 11.0. The monoisotopic (exact) mass is 502 g/mol. The number of thiophene rings is 1. The molecule has 0 fully saturated rings.